The van der Waals surface area contributed by atoms with Crippen LogP contribution in [-0.4, -0.2) is 26.6 Å². The number of rotatable bonds is 5. The van der Waals surface area contributed by atoms with Crippen LogP contribution in [-0.2, 0) is 4.79 Å². The van der Waals surface area contributed by atoms with Gasteiger partial charge in [-0.1, -0.05) is 6.92 Å². The third kappa shape index (κ3) is 3.26. The van der Waals surface area contributed by atoms with Crippen LogP contribution >= 0.6 is 0 Å². The summed E-state index contributed by atoms with van der Waals surface area (Å²) < 4.78 is 5.37. The molecule has 0 aliphatic rings. The molecule has 1 unspecified atom stereocenters. The fourth-order valence-electron chi connectivity index (χ4n) is 2.03. The zero-order valence-corrected chi connectivity index (χ0v) is 12.5. The highest BCUT2D eigenvalue weighted by Crippen LogP contribution is 2.31. The van der Waals surface area contributed by atoms with Crippen molar-refractivity contribution in [2.45, 2.75) is 27.2 Å². The topological polar surface area (TPSA) is 55.6 Å². The van der Waals surface area contributed by atoms with E-state index in [0.29, 0.717) is 12.3 Å². The highest BCUT2D eigenvalue weighted by atomic mass is 16.5. The molecule has 1 aromatic rings. The summed E-state index contributed by atoms with van der Waals surface area (Å²) in [6.07, 6.45) is 0.743. The summed E-state index contributed by atoms with van der Waals surface area (Å²) in [7, 11) is 3.39. The zero-order valence-electron chi connectivity index (χ0n) is 12.5. The lowest BCUT2D eigenvalue weighted by atomic mass is 10.0. The fourth-order valence-corrected chi connectivity index (χ4v) is 2.03. The summed E-state index contributed by atoms with van der Waals surface area (Å²) in [5.41, 5.74) is 8.72. The Bertz CT molecular complexity index is 454. The Morgan fingerprint density at radius 3 is 2.42 bits per heavy atom. The van der Waals surface area contributed by atoms with E-state index in [0.717, 1.165) is 23.2 Å². The number of nitrogens with zero attached hydrogens (tertiary/aromatic N) is 1. The molecule has 0 spiro atoms. The van der Waals surface area contributed by atoms with Gasteiger partial charge in [-0.3, -0.25) is 4.79 Å². The number of anilines is 1. The largest absolute Gasteiger partial charge is 0.495 e. The van der Waals surface area contributed by atoms with E-state index < -0.39 is 0 Å². The van der Waals surface area contributed by atoms with Crippen molar-refractivity contribution >= 4 is 11.6 Å². The van der Waals surface area contributed by atoms with Gasteiger partial charge in [-0.25, -0.2) is 0 Å². The molecule has 1 rings (SSSR count). The maximum Gasteiger partial charge on any atom is 0.231 e. The Balaban J connectivity index is 3.14. The predicted molar refractivity (Wildman–Crippen MR) is 78.7 cm³/mol. The van der Waals surface area contributed by atoms with E-state index in [1.807, 2.05) is 32.9 Å². The molecule has 0 saturated heterocycles. The van der Waals surface area contributed by atoms with Gasteiger partial charge in [-0.15, -0.1) is 0 Å². The maximum atomic E-state index is 12.4. The normalized spacial score (nSPS) is 12.1. The molecule has 1 atom stereocenters. The first kappa shape index (κ1) is 15.5. The summed E-state index contributed by atoms with van der Waals surface area (Å²) in [6, 6.07) is 3.94. The molecule has 4 heteroatoms. The molecule has 0 radical (unpaired) electrons. The molecule has 0 aliphatic heterocycles. The lowest BCUT2D eigenvalue weighted by Crippen LogP contribution is -2.36. The molecule has 1 amide bonds. The number of carbonyl (C=O) groups is 1. The number of ether oxygens (including phenoxy) is 1. The zero-order chi connectivity index (χ0) is 14.6. The molecule has 0 fully saturated rings. The van der Waals surface area contributed by atoms with Gasteiger partial charge in [0.15, 0.2) is 0 Å². The smallest absolute Gasteiger partial charge is 0.231 e. The van der Waals surface area contributed by atoms with E-state index in [4.69, 9.17) is 10.5 Å². The van der Waals surface area contributed by atoms with Crippen LogP contribution in [0.25, 0.3) is 0 Å². The number of amides is 1. The number of nitrogens with two attached hydrogens (primary N) is 1. The molecule has 0 saturated carbocycles. The van der Waals surface area contributed by atoms with Crippen LogP contribution in [0.2, 0.25) is 0 Å². The first-order chi connectivity index (χ1) is 8.96. The molecule has 0 heterocycles. The monoisotopic (exact) mass is 264 g/mol. The molecule has 106 valence electrons. The van der Waals surface area contributed by atoms with Crippen molar-refractivity contribution in [3.05, 3.63) is 23.3 Å². The standard InChI is InChI=1S/C15H24N2O2/c1-6-12(9-16)15(18)17(4)13-7-10(2)11(3)8-14(13)19-5/h7-8,12H,6,9,16H2,1-5H3. The van der Waals surface area contributed by atoms with E-state index >= 15 is 0 Å². The minimum atomic E-state index is -0.142. The minimum Gasteiger partial charge on any atom is -0.495 e. The van der Waals surface area contributed by atoms with E-state index in [1.165, 1.54) is 0 Å². The van der Waals surface area contributed by atoms with Crippen LogP contribution in [0.5, 0.6) is 5.75 Å². The van der Waals surface area contributed by atoms with E-state index in [2.05, 4.69) is 0 Å². The van der Waals surface area contributed by atoms with Crippen LogP contribution in [0.3, 0.4) is 0 Å². The van der Waals surface area contributed by atoms with Crippen LogP contribution in [0.4, 0.5) is 5.69 Å². The Kier molecular flexibility index (Phi) is 5.36. The van der Waals surface area contributed by atoms with Crippen LogP contribution in [0.15, 0.2) is 12.1 Å². The minimum absolute atomic E-state index is 0.0338. The number of hydrogen-bond donors (Lipinski definition) is 1. The number of methoxy groups -OCH3 is 1. The maximum absolute atomic E-state index is 12.4. The second-order valence-electron chi connectivity index (χ2n) is 4.85. The second-order valence-corrected chi connectivity index (χ2v) is 4.85. The van der Waals surface area contributed by atoms with Crippen LogP contribution < -0.4 is 15.4 Å². The van der Waals surface area contributed by atoms with Gasteiger partial charge in [0.1, 0.15) is 5.75 Å². The quantitative estimate of drug-likeness (QED) is 0.887. The molecule has 0 aliphatic carbocycles. The summed E-state index contributed by atoms with van der Waals surface area (Å²) in [4.78, 5) is 14.0. The van der Waals surface area contributed by atoms with Crippen molar-refractivity contribution < 1.29 is 9.53 Å². The highest BCUT2D eigenvalue weighted by molar-refractivity contribution is 5.96. The third-order valence-corrected chi connectivity index (χ3v) is 3.61. The molecule has 0 aromatic heterocycles. The molecular weight excluding hydrogens is 240 g/mol. The number of carbonyl (C=O) groups excluding carboxylic acids is 1. The Morgan fingerprint density at radius 2 is 1.95 bits per heavy atom. The molecule has 2 N–H and O–H groups in total. The average Bonchev–Trinajstić information content (AvgIpc) is 2.41. The van der Waals surface area contributed by atoms with Crippen molar-refractivity contribution in [2.75, 3.05) is 25.6 Å². The van der Waals surface area contributed by atoms with Crippen LogP contribution in [0, 0.1) is 19.8 Å². The molecule has 4 nitrogen and oxygen atoms in total. The fraction of sp³-hybridized carbons (Fsp3) is 0.533. The van der Waals surface area contributed by atoms with Gasteiger partial charge in [0.05, 0.1) is 18.7 Å². The summed E-state index contributed by atoms with van der Waals surface area (Å²) >= 11 is 0. The van der Waals surface area contributed by atoms with Gasteiger partial charge in [-0.2, -0.15) is 0 Å². The Hall–Kier alpha value is -1.55. The van der Waals surface area contributed by atoms with Crippen molar-refractivity contribution in [1.82, 2.24) is 0 Å². The van der Waals surface area contributed by atoms with Crippen molar-refractivity contribution in [3.8, 4) is 5.75 Å². The first-order valence-corrected chi connectivity index (χ1v) is 6.59. The van der Waals surface area contributed by atoms with Gasteiger partial charge in [0.2, 0.25) is 5.91 Å². The van der Waals surface area contributed by atoms with Crippen molar-refractivity contribution in [3.63, 3.8) is 0 Å². The van der Waals surface area contributed by atoms with Gasteiger partial charge < -0.3 is 15.4 Å². The molecular formula is C15H24N2O2. The van der Waals surface area contributed by atoms with E-state index in [9.17, 15) is 4.79 Å². The predicted octanol–water partition coefficient (Wildman–Crippen LogP) is 2.26. The van der Waals surface area contributed by atoms with Gasteiger partial charge in [0, 0.05) is 13.6 Å². The van der Waals surface area contributed by atoms with Crippen molar-refractivity contribution in [1.29, 1.82) is 0 Å². The van der Waals surface area contributed by atoms with E-state index in [-0.39, 0.29) is 11.8 Å². The SMILES string of the molecule is CCC(CN)C(=O)N(C)c1cc(C)c(C)cc1OC. The first-order valence-electron chi connectivity index (χ1n) is 6.59. The summed E-state index contributed by atoms with van der Waals surface area (Å²) in [5, 5.41) is 0. The van der Waals surface area contributed by atoms with Gasteiger partial charge in [0.25, 0.3) is 0 Å². The van der Waals surface area contributed by atoms with E-state index in [1.54, 1.807) is 19.1 Å². The highest BCUT2D eigenvalue weighted by Gasteiger charge is 2.22. The number of aryl methyl sites for hydroxylation is 2. The summed E-state index contributed by atoms with van der Waals surface area (Å²) in [6.45, 7) is 6.39. The lowest BCUT2D eigenvalue weighted by molar-refractivity contribution is -0.121. The second kappa shape index (κ2) is 6.57. The third-order valence-electron chi connectivity index (χ3n) is 3.61. The van der Waals surface area contributed by atoms with Gasteiger partial charge in [-0.05, 0) is 43.5 Å². The summed E-state index contributed by atoms with van der Waals surface area (Å²) in [5.74, 6) is 0.605. The molecule has 0 bridgehead atoms. The molecule has 19 heavy (non-hydrogen) atoms. The van der Waals surface area contributed by atoms with Gasteiger partial charge >= 0.3 is 0 Å². The Labute approximate surface area is 115 Å². The van der Waals surface area contributed by atoms with Crippen LogP contribution in [0.1, 0.15) is 24.5 Å². The van der Waals surface area contributed by atoms with Crippen molar-refractivity contribution in [2.24, 2.45) is 11.7 Å². The average molecular weight is 264 g/mol. The Morgan fingerprint density at radius 1 is 1.37 bits per heavy atom. The number of hydrogen-bond acceptors (Lipinski definition) is 3. The number of benzene rings is 1. The molecule has 1 aromatic carbocycles. The lowest BCUT2D eigenvalue weighted by Gasteiger charge is -2.24.